The minimum atomic E-state index is -1.02. The quantitative estimate of drug-likeness (QED) is 0.334. The summed E-state index contributed by atoms with van der Waals surface area (Å²) in [6.45, 7) is -0.0633. The first-order chi connectivity index (χ1) is 10.5. The number of carbonyl (C=O) groups excluding carboxylic acids is 1. The molecule has 0 fully saturated rings. The van der Waals surface area contributed by atoms with Gasteiger partial charge in [-0.1, -0.05) is 0 Å². The molecule has 0 radical (unpaired) electrons. The van der Waals surface area contributed by atoms with Crippen molar-refractivity contribution in [2.24, 2.45) is 5.18 Å². The van der Waals surface area contributed by atoms with Gasteiger partial charge >= 0.3 is 11.9 Å². The summed E-state index contributed by atoms with van der Waals surface area (Å²) in [6.07, 6.45) is -1.13. The van der Waals surface area contributed by atoms with Crippen molar-refractivity contribution in [2.45, 2.75) is 25.4 Å². The zero-order chi connectivity index (χ0) is 16.8. The topological polar surface area (TPSA) is 149 Å². The maximum Gasteiger partial charge on any atom is 0.305 e. The zero-order valence-corrected chi connectivity index (χ0v) is 11.9. The van der Waals surface area contributed by atoms with Crippen LogP contribution in [0.25, 0.3) is 0 Å². The van der Waals surface area contributed by atoms with Crippen molar-refractivity contribution < 1.29 is 38.8 Å². The molecule has 1 atom stereocenters. The summed E-state index contributed by atoms with van der Waals surface area (Å²) in [6, 6.07) is 0. The molecule has 1 amide bonds. The van der Waals surface area contributed by atoms with Gasteiger partial charge < -0.3 is 24.4 Å². The Balaban J connectivity index is 3.98. The van der Waals surface area contributed by atoms with Gasteiger partial charge in [-0.05, 0) is 0 Å². The zero-order valence-electron chi connectivity index (χ0n) is 11.9. The number of hydrogen-bond acceptors (Lipinski definition) is 7. The standard InChI is InChI=1S/C12H19NO9/c14-10(13-19)1-4-20-7-9(22-6-3-12(17)18)8-21-5-2-11(15)16/h9H,1-8H2,(H,15,16)(H,17,18). The Bertz CT molecular complexity index is 372. The van der Waals surface area contributed by atoms with E-state index in [9.17, 15) is 19.3 Å². The molecular formula is C12H19NO9. The van der Waals surface area contributed by atoms with E-state index in [0.29, 0.717) is 0 Å². The number of carboxylic acids is 2. The van der Waals surface area contributed by atoms with Gasteiger partial charge in [-0.15, -0.1) is 4.91 Å². The first kappa shape index (κ1) is 20.1. The molecule has 10 heteroatoms. The predicted octanol–water partition coefficient (Wildman–Crippen LogP) is 0.0373. The molecule has 0 saturated heterocycles. The van der Waals surface area contributed by atoms with E-state index in [1.807, 2.05) is 0 Å². The highest BCUT2D eigenvalue weighted by Gasteiger charge is 2.12. The highest BCUT2D eigenvalue weighted by molar-refractivity contribution is 5.76. The number of nitrogens with zero attached hydrogens (tertiary/aromatic N) is 1. The Morgan fingerprint density at radius 3 is 1.86 bits per heavy atom. The van der Waals surface area contributed by atoms with Crippen LogP contribution < -0.4 is 0 Å². The molecule has 0 rings (SSSR count). The van der Waals surface area contributed by atoms with E-state index in [4.69, 9.17) is 24.4 Å². The average Bonchev–Trinajstić information content (AvgIpc) is 2.46. The van der Waals surface area contributed by atoms with Crippen LogP contribution in [0.2, 0.25) is 0 Å². The number of ether oxygens (including phenoxy) is 3. The number of carboxylic acid groups (broad SMARTS) is 2. The Hall–Kier alpha value is -1.91. The molecule has 0 saturated carbocycles. The van der Waals surface area contributed by atoms with E-state index in [0.717, 1.165) is 0 Å². The maximum atomic E-state index is 10.6. The number of carbonyl (C=O) groups is 3. The second-order valence-corrected chi connectivity index (χ2v) is 4.17. The van der Waals surface area contributed by atoms with Gasteiger partial charge in [0.25, 0.3) is 5.91 Å². The van der Waals surface area contributed by atoms with E-state index < -0.39 is 23.9 Å². The van der Waals surface area contributed by atoms with Crippen molar-refractivity contribution in [1.82, 2.24) is 0 Å². The highest BCUT2D eigenvalue weighted by atomic mass is 16.6. The second kappa shape index (κ2) is 12.8. The Kier molecular flexibility index (Phi) is 11.7. The van der Waals surface area contributed by atoms with Crippen LogP contribution >= 0.6 is 0 Å². The molecule has 0 spiro atoms. The van der Waals surface area contributed by atoms with Crippen molar-refractivity contribution in [3.63, 3.8) is 0 Å². The summed E-state index contributed by atoms with van der Waals surface area (Å²) < 4.78 is 15.5. The number of rotatable bonds is 14. The molecule has 2 N–H and O–H groups in total. The molecule has 1 unspecified atom stereocenters. The van der Waals surface area contributed by atoms with Crippen molar-refractivity contribution in [1.29, 1.82) is 0 Å². The average molecular weight is 321 g/mol. The van der Waals surface area contributed by atoms with Crippen LogP contribution in [0.4, 0.5) is 0 Å². The van der Waals surface area contributed by atoms with E-state index in [-0.39, 0.29) is 52.3 Å². The van der Waals surface area contributed by atoms with Crippen molar-refractivity contribution in [3.8, 4) is 0 Å². The van der Waals surface area contributed by atoms with E-state index in [1.54, 1.807) is 0 Å². The molecule has 0 aromatic heterocycles. The van der Waals surface area contributed by atoms with Crippen LogP contribution in [-0.4, -0.2) is 67.2 Å². The number of hydrogen-bond donors (Lipinski definition) is 2. The lowest BCUT2D eigenvalue weighted by Crippen LogP contribution is -2.27. The Morgan fingerprint density at radius 1 is 0.864 bits per heavy atom. The monoisotopic (exact) mass is 321 g/mol. The van der Waals surface area contributed by atoms with Gasteiger partial charge in [-0.25, -0.2) is 0 Å². The molecule has 0 aromatic carbocycles. The fourth-order valence-electron chi connectivity index (χ4n) is 1.25. The molecular weight excluding hydrogens is 302 g/mol. The molecule has 0 aliphatic heterocycles. The largest absolute Gasteiger partial charge is 0.481 e. The van der Waals surface area contributed by atoms with Crippen LogP contribution in [0.5, 0.6) is 0 Å². The van der Waals surface area contributed by atoms with Gasteiger partial charge in [-0.3, -0.25) is 14.4 Å². The number of nitroso groups, excluding NO2 is 1. The maximum absolute atomic E-state index is 10.6. The van der Waals surface area contributed by atoms with Gasteiger partial charge in [0.2, 0.25) is 0 Å². The van der Waals surface area contributed by atoms with Crippen LogP contribution in [0.1, 0.15) is 19.3 Å². The summed E-state index contributed by atoms with van der Waals surface area (Å²) in [5, 5.41) is 19.2. The lowest BCUT2D eigenvalue weighted by molar-refractivity contribution is -0.141. The lowest BCUT2D eigenvalue weighted by atomic mass is 10.3. The van der Waals surface area contributed by atoms with E-state index >= 15 is 0 Å². The van der Waals surface area contributed by atoms with Gasteiger partial charge in [0.05, 0.1) is 52.3 Å². The number of aliphatic carboxylic acids is 2. The van der Waals surface area contributed by atoms with E-state index in [1.165, 1.54) is 0 Å². The van der Waals surface area contributed by atoms with Gasteiger partial charge in [0.15, 0.2) is 0 Å². The van der Waals surface area contributed by atoms with E-state index in [2.05, 4.69) is 5.18 Å². The van der Waals surface area contributed by atoms with Crippen LogP contribution in [-0.2, 0) is 28.6 Å². The summed E-state index contributed by atoms with van der Waals surface area (Å²) in [5.41, 5.74) is 0. The normalized spacial score (nSPS) is 11.8. The molecule has 10 nitrogen and oxygen atoms in total. The summed E-state index contributed by atoms with van der Waals surface area (Å²) in [5.74, 6) is -2.85. The number of amides is 1. The second-order valence-electron chi connectivity index (χ2n) is 4.17. The molecule has 0 heterocycles. The fourth-order valence-corrected chi connectivity index (χ4v) is 1.25. The van der Waals surface area contributed by atoms with Gasteiger partial charge in [0.1, 0.15) is 6.10 Å². The van der Waals surface area contributed by atoms with Crippen molar-refractivity contribution in [2.75, 3.05) is 33.0 Å². The first-order valence-corrected chi connectivity index (χ1v) is 6.52. The Morgan fingerprint density at radius 2 is 1.36 bits per heavy atom. The summed E-state index contributed by atoms with van der Waals surface area (Å²) in [4.78, 5) is 41.2. The molecule has 0 aromatic rings. The summed E-state index contributed by atoms with van der Waals surface area (Å²) >= 11 is 0. The van der Waals surface area contributed by atoms with Gasteiger partial charge in [0, 0.05) is 5.18 Å². The third-order valence-electron chi connectivity index (χ3n) is 2.30. The Labute approximate surface area is 126 Å². The SMILES string of the molecule is O=NC(=O)CCOCC(COCCC(=O)O)OCCC(=O)O. The fraction of sp³-hybridized carbons (Fsp3) is 0.750. The predicted molar refractivity (Wildman–Crippen MR) is 71.3 cm³/mol. The minimum Gasteiger partial charge on any atom is -0.481 e. The van der Waals surface area contributed by atoms with Crippen molar-refractivity contribution in [3.05, 3.63) is 4.91 Å². The third-order valence-corrected chi connectivity index (χ3v) is 2.30. The first-order valence-electron chi connectivity index (χ1n) is 6.52. The smallest absolute Gasteiger partial charge is 0.305 e. The van der Waals surface area contributed by atoms with Crippen LogP contribution in [0, 0.1) is 4.91 Å². The molecule has 0 bridgehead atoms. The molecule has 0 aliphatic carbocycles. The van der Waals surface area contributed by atoms with Crippen LogP contribution in [0.3, 0.4) is 0 Å². The third kappa shape index (κ3) is 13.1. The lowest BCUT2D eigenvalue weighted by Gasteiger charge is -2.17. The van der Waals surface area contributed by atoms with Crippen LogP contribution in [0.15, 0.2) is 5.18 Å². The highest BCUT2D eigenvalue weighted by Crippen LogP contribution is 1.99. The molecule has 0 aliphatic rings. The summed E-state index contributed by atoms with van der Waals surface area (Å²) in [7, 11) is 0. The van der Waals surface area contributed by atoms with Crippen molar-refractivity contribution >= 4 is 17.8 Å². The molecule has 22 heavy (non-hydrogen) atoms. The van der Waals surface area contributed by atoms with Gasteiger partial charge in [-0.2, -0.15) is 0 Å². The minimum absolute atomic E-state index is 0.0122. The molecule has 126 valence electrons.